The molecule has 1 atom stereocenters. The molecule has 0 aliphatic rings. The molecule has 0 amide bonds. The lowest BCUT2D eigenvalue weighted by Crippen LogP contribution is -2.34. The highest BCUT2D eigenvalue weighted by Gasteiger charge is 2.27. The molecule has 17 heavy (non-hydrogen) atoms. The van der Waals surface area contributed by atoms with Crippen molar-refractivity contribution in [2.75, 3.05) is 0 Å². The number of aryl methyl sites for hydroxylation is 1. The Hall–Kier alpha value is -1.35. The summed E-state index contributed by atoms with van der Waals surface area (Å²) in [5.41, 5.74) is 1.39. The second kappa shape index (κ2) is 4.15. The number of aliphatic hydroxyl groups is 1. The van der Waals surface area contributed by atoms with E-state index in [1.165, 1.54) is 0 Å². The zero-order chi connectivity index (χ0) is 12.6. The summed E-state index contributed by atoms with van der Waals surface area (Å²) in [6.45, 7) is 5.93. The van der Waals surface area contributed by atoms with E-state index in [0.717, 1.165) is 16.9 Å². The predicted molar refractivity (Wildman–Crippen MR) is 69.9 cm³/mol. The minimum Gasteiger partial charge on any atom is -0.389 e. The number of hydrogen-bond donors (Lipinski definition) is 1. The van der Waals surface area contributed by atoms with E-state index in [4.69, 9.17) is 0 Å². The van der Waals surface area contributed by atoms with Gasteiger partial charge in [-0.15, -0.1) is 0 Å². The van der Waals surface area contributed by atoms with E-state index in [2.05, 4.69) is 15.6 Å². The van der Waals surface area contributed by atoms with E-state index < -0.39 is 5.60 Å². The Balaban J connectivity index is 2.40. The molecule has 0 saturated carbocycles. The van der Waals surface area contributed by atoms with Gasteiger partial charge >= 0.3 is 0 Å². The summed E-state index contributed by atoms with van der Waals surface area (Å²) >= 11 is 0. The van der Waals surface area contributed by atoms with Crippen LogP contribution in [0.15, 0.2) is 24.3 Å². The number of imidazole rings is 1. The van der Waals surface area contributed by atoms with Gasteiger partial charge in [-0.05, 0) is 25.0 Å². The Bertz CT molecular complexity index is 526. The summed E-state index contributed by atoms with van der Waals surface area (Å²) < 4.78 is 2.06. The van der Waals surface area contributed by atoms with E-state index in [-0.39, 0.29) is 5.92 Å². The summed E-state index contributed by atoms with van der Waals surface area (Å²) in [6, 6.07) is 8.05. The summed E-state index contributed by atoms with van der Waals surface area (Å²) in [4.78, 5) is 4.58. The van der Waals surface area contributed by atoms with E-state index >= 15 is 0 Å². The maximum absolute atomic E-state index is 10.3. The number of aromatic nitrogens is 2. The molecule has 1 unspecified atom stereocenters. The first-order valence-electron chi connectivity index (χ1n) is 6.04. The topological polar surface area (TPSA) is 38.1 Å². The standard InChI is InChI=1S/C14H20N2O/c1-10(2)14(3,17)9-13-15-11-7-5-6-8-12(11)16(13)4/h5-8,10,17H,9H2,1-4H3. The molecule has 1 aromatic carbocycles. The van der Waals surface area contributed by atoms with Crippen LogP contribution in [0.2, 0.25) is 0 Å². The number of rotatable bonds is 3. The minimum atomic E-state index is -0.713. The van der Waals surface area contributed by atoms with Crippen LogP contribution in [0.5, 0.6) is 0 Å². The van der Waals surface area contributed by atoms with Gasteiger partial charge < -0.3 is 9.67 Å². The third-order valence-electron chi connectivity index (χ3n) is 3.64. The van der Waals surface area contributed by atoms with Gasteiger partial charge in [-0.2, -0.15) is 0 Å². The van der Waals surface area contributed by atoms with Crippen molar-refractivity contribution in [2.45, 2.75) is 32.8 Å². The van der Waals surface area contributed by atoms with Crippen molar-refractivity contribution >= 4 is 11.0 Å². The molecule has 0 bridgehead atoms. The SMILES string of the molecule is CC(C)C(C)(O)Cc1nc2ccccc2n1C. The number of para-hydroxylation sites is 2. The zero-order valence-electron chi connectivity index (χ0n) is 10.9. The molecular weight excluding hydrogens is 212 g/mol. The molecule has 0 aliphatic heterocycles. The third-order valence-corrected chi connectivity index (χ3v) is 3.64. The van der Waals surface area contributed by atoms with Gasteiger partial charge in [0.1, 0.15) is 5.82 Å². The number of benzene rings is 1. The number of nitrogens with zero attached hydrogens (tertiary/aromatic N) is 2. The molecule has 3 heteroatoms. The van der Waals surface area contributed by atoms with Crippen LogP contribution in [0.1, 0.15) is 26.6 Å². The fourth-order valence-corrected chi connectivity index (χ4v) is 1.88. The average Bonchev–Trinajstić information content (AvgIpc) is 2.56. The highest BCUT2D eigenvalue weighted by Crippen LogP contribution is 2.23. The van der Waals surface area contributed by atoms with Crippen molar-refractivity contribution in [1.82, 2.24) is 9.55 Å². The van der Waals surface area contributed by atoms with Crippen molar-refractivity contribution in [1.29, 1.82) is 0 Å². The molecule has 1 heterocycles. The molecular formula is C14H20N2O. The molecule has 0 fully saturated rings. The van der Waals surface area contributed by atoms with Gasteiger partial charge in [0.15, 0.2) is 0 Å². The van der Waals surface area contributed by atoms with Crippen molar-refractivity contribution in [3.8, 4) is 0 Å². The van der Waals surface area contributed by atoms with Crippen LogP contribution in [-0.4, -0.2) is 20.3 Å². The van der Waals surface area contributed by atoms with Gasteiger partial charge in [0.25, 0.3) is 0 Å². The first-order valence-corrected chi connectivity index (χ1v) is 6.04. The predicted octanol–water partition coefficient (Wildman–Crippen LogP) is 2.52. The second-order valence-electron chi connectivity index (χ2n) is 5.26. The fraction of sp³-hybridized carbons (Fsp3) is 0.500. The van der Waals surface area contributed by atoms with Crippen LogP contribution in [0.25, 0.3) is 11.0 Å². The van der Waals surface area contributed by atoms with Gasteiger partial charge in [0.2, 0.25) is 0 Å². The zero-order valence-corrected chi connectivity index (χ0v) is 10.9. The first kappa shape index (κ1) is 12.1. The summed E-state index contributed by atoms with van der Waals surface area (Å²) in [6.07, 6.45) is 0.579. The number of hydrogen-bond acceptors (Lipinski definition) is 2. The second-order valence-corrected chi connectivity index (χ2v) is 5.26. The lowest BCUT2D eigenvalue weighted by atomic mass is 9.89. The van der Waals surface area contributed by atoms with Crippen LogP contribution < -0.4 is 0 Å². The van der Waals surface area contributed by atoms with Crippen LogP contribution in [0, 0.1) is 5.92 Å². The molecule has 92 valence electrons. The summed E-state index contributed by atoms with van der Waals surface area (Å²) in [5, 5.41) is 10.3. The van der Waals surface area contributed by atoms with Crippen LogP contribution in [0.3, 0.4) is 0 Å². The Morgan fingerprint density at radius 1 is 1.35 bits per heavy atom. The van der Waals surface area contributed by atoms with E-state index in [1.807, 2.05) is 46.0 Å². The van der Waals surface area contributed by atoms with Gasteiger partial charge in [0, 0.05) is 13.5 Å². The van der Waals surface area contributed by atoms with Crippen molar-refractivity contribution in [2.24, 2.45) is 13.0 Å². The Morgan fingerprint density at radius 3 is 2.59 bits per heavy atom. The largest absolute Gasteiger partial charge is 0.389 e. The maximum Gasteiger partial charge on any atom is 0.112 e. The van der Waals surface area contributed by atoms with Gasteiger partial charge in [-0.3, -0.25) is 0 Å². The lowest BCUT2D eigenvalue weighted by Gasteiger charge is -2.27. The molecule has 0 saturated heterocycles. The van der Waals surface area contributed by atoms with Gasteiger partial charge in [0.05, 0.1) is 16.6 Å². The molecule has 3 nitrogen and oxygen atoms in total. The normalized spacial score (nSPS) is 15.4. The van der Waals surface area contributed by atoms with Gasteiger partial charge in [-0.25, -0.2) is 4.98 Å². The van der Waals surface area contributed by atoms with Crippen molar-refractivity contribution < 1.29 is 5.11 Å². The molecule has 2 rings (SSSR count). The molecule has 0 radical (unpaired) electrons. The Kier molecular flexibility index (Phi) is 2.96. The third kappa shape index (κ3) is 2.20. The molecule has 2 aromatic rings. The summed E-state index contributed by atoms with van der Waals surface area (Å²) in [7, 11) is 2.00. The highest BCUT2D eigenvalue weighted by molar-refractivity contribution is 5.75. The van der Waals surface area contributed by atoms with Crippen LogP contribution in [0.4, 0.5) is 0 Å². The summed E-state index contributed by atoms with van der Waals surface area (Å²) in [5.74, 6) is 1.15. The quantitative estimate of drug-likeness (QED) is 0.883. The maximum atomic E-state index is 10.3. The monoisotopic (exact) mass is 232 g/mol. The molecule has 0 spiro atoms. The molecule has 1 aromatic heterocycles. The Labute approximate surface area is 102 Å². The number of fused-ring (bicyclic) bond motifs is 1. The fourth-order valence-electron chi connectivity index (χ4n) is 1.88. The van der Waals surface area contributed by atoms with Crippen molar-refractivity contribution in [3.05, 3.63) is 30.1 Å². The first-order chi connectivity index (χ1) is 7.92. The Morgan fingerprint density at radius 2 is 2.00 bits per heavy atom. The van der Waals surface area contributed by atoms with Crippen LogP contribution >= 0.6 is 0 Å². The van der Waals surface area contributed by atoms with Gasteiger partial charge in [-0.1, -0.05) is 26.0 Å². The van der Waals surface area contributed by atoms with Crippen molar-refractivity contribution in [3.63, 3.8) is 0 Å². The molecule has 0 aliphatic carbocycles. The lowest BCUT2D eigenvalue weighted by molar-refractivity contribution is 0.0117. The minimum absolute atomic E-state index is 0.210. The smallest absolute Gasteiger partial charge is 0.112 e. The van der Waals surface area contributed by atoms with E-state index in [0.29, 0.717) is 6.42 Å². The highest BCUT2D eigenvalue weighted by atomic mass is 16.3. The van der Waals surface area contributed by atoms with Crippen LogP contribution in [-0.2, 0) is 13.5 Å². The molecule has 1 N–H and O–H groups in total. The van der Waals surface area contributed by atoms with E-state index in [1.54, 1.807) is 0 Å². The average molecular weight is 232 g/mol. The van der Waals surface area contributed by atoms with E-state index in [9.17, 15) is 5.11 Å².